The van der Waals surface area contributed by atoms with E-state index < -0.39 is 17.5 Å². The highest BCUT2D eigenvalue weighted by Crippen LogP contribution is 2.40. The number of aliphatic hydroxyl groups is 1. The summed E-state index contributed by atoms with van der Waals surface area (Å²) in [5, 5.41) is 17.0. The lowest BCUT2D eigenvalue weighted by molar-refractivity contribution is -0.115. The van der Waals surface area contributed by atoms with Gasteiger partial charge in [0.25, 0.3) is 0 Å². The summed E-state index contributed by atoms with van der Waals surface area (Å²) in [5.74, 6) is 0.166. The summed E-state index contributed by atoms with van der Waals surface area (Å²) in [6.07, 6.45) is 3.43. The number of rotatable bonds is 4. The number of hydrogen-bond acceptors (Lipinski definition) is 8. The molecule has 10 heteroatoms. The molecule has 0 radical (unpaired) electrons. The molecule has 34 heavy (non-hydrogen) atoms. The summed E-state index contributed by atoms with van der Waals surface area (Å²) in [5.41, 5.74) is 7.72. The quantitative estimate of drug-likeness (QED) is 0.424. The molecule has 5 rings (SSSR count). The Morgan fingerprint density at radius 2 is 2.15 bits per heavy atom. The van der Waals surface area contributed by atoms with Crippen LogP contribution in [0.15, 0.2) is 24.5 Å². The zero-order chi connectivity index (χ0) is 24.0. The first-order valence-electron chi connectivity index (χ1n) is 11.2. The van der Waals surface area contributed by atoms with Crippen molar-refractivity contribution in [2.75, 3.05) is 29.5 Å². The predicted molar refractivity (Wildman–Crippen MR) is 126 cm³/mol. The highest BCUT2D eigenvalue weighted by atomic mass is 19.1. The van der Waals surface area contributed by atoms with Crippen LogP contribution in [0.3, 0.4) is 0 Å². The zero-order valence-electron chi connectivity index (χ0n) is 18.9. The Bertz CT molecular complexity index is 1290. The third kappa shape index (κ3) is 3.83. The van der Waals surface area contributed by atoms with E-state index in [0.29, 0.717) is 60.2 Å². The van der Waals surface area contributed by atoms with Crippen molar-refractivity contribution in [3.8, 4) is 17.0 Å². The van der Waals surface area contributed by atoms with Gasteiger partial charge in [-0.3, -0.25) is 5.32 Å². The number of nitrogens with zero attached hydrogens (tertiary/aromatic N) is 2. The van der Waals surface area contributed by atoms with Gasteiger partial charge in [0, 0.05) is 48.3 Å². The van der Waals surface area contributed by atoms with Crippen LogP contribution < -0.4 is 21.1 Å². The van der Waals surface area contributed by atoms with Crippen LogP contribution in [-0.2, 0) is 4.74 Å². The van der Waals surface area contributed by atoms with Crippen LogP contribution in [0.1, 0.15) is 31.7 Å². The molecule has 9 nitrogen and oxygen atoms in total. The Kier molecular flexibility index (Phi) is 5.40. The fourth-order valence-corrected chi connectivity index (χ4v) is 4.50. The first-order valence-corrected chi connectivity index (χ1v) is 11.2. The largest absolute Gasteiger partial charge is 0.474 e. The summed E-state index contributed by atoms with van der Waals surface area (Å²) >= 11 is 0. The van der Waals surface area contributed by atoms with E-state index in [4.69, 9.17) is 15.2 Å². The maximum absolute atomic E-state index is 15.3. The molecule has 1 aromatic carbocycles. The van der Waals surface area contributed by atoms with Crippen molar-refractivity contribution in [2.45, 2.75) is 44.8 Å². The van der Waals surface area contributed by atoms with Crippen LogP contribution in [0.5, 0.6) is 5.88 Å². The minimum Gasteiger partial charge on any atom is -0.474 e. The van der Waals surface area contributed by atoms with E-state index in [9.17, 15) is 9.90 Å². The number of carbonyl (C=O) groups is 1. The molecule has 0 saturated heterocycles. The van der Waals surface area contributed by atoms with E-state index in [2.05, 4.69) is 20.6 Å². The highest BCUT2D eigenvalue weighted by Gasteiger charge is 2.43. The number of anilines is 3. The molecular formula is C24H26FN5O4. The van der Waals surface area contributed by atoms with Crippen LogP contribution in [0.4, 0.5) is 26.4 Å². The number of nitrogens with two attached hydrogens (primary N) is 1. The van der Waals surface area contributed by atoms with Gasteiger partial charge in [0.1, 0.15) is 24.2 Å². The smallest absolute Gasteiger partial charge is 0.413 e. The Balaban J connectivity index is 1.43. The number of carbonyl (C=O) groups excluding carboxylic acids is 1. The minimum atomic E-state index is -0.754. The molecule has 1 saturated carbocycles. The van der Waals surface area contributed by atoms with Crippen LogP contribution in [0.2, 0.25) is 0 Å². The van der Waals surface area contributed by atoms with Gasteiger partial charge in [0.2, 0.25) is 5.88 Å². The van der Waals surface area contributed by atoms with Crippen LogP contribution in [-0.4, -0.2) is 46.0 Å². The molecule has 1 aliphatic heterocycles. The van der Waals surface area contributed by atoms with Gasteiger partial charge in [-0.15, -0.1) is 0 Å². The van der Waals surface area contributed by atoms with Gasteiger partial charge in [-0.2, -0.15) is 0 Å². The van der Waals surface area contributed by atoms with E-state index in [-0.39, 0.29) is 17.6 Å². The average Bonchev–Trinajstić information content (AvgIpc) is 2.81. The second-order valence-corrected chi connectivity index (χ2v) is 8.83. The molecule has 2 aliphatic rings. The van der Waals surface area contributed by atoms with E-state index in [1.54, 1.807) is 18.3 Å². The van der Waals surface area contributed by atoms with Crippen molar-refractivity contribution in [2.24, 2.45) is 0 Å². The lowest BCUT2D eigenvalue weighted by Crippen LogP contribution is -2.48. The SMILES string of the molecule is CCC1(O)CC(OC(=O)Nc2cc3cc(-c4cnc5c(c4C)NCCO5)c(F)c(N)c3cn2)C1. The molecule has 1 amide bonds. The van der Waals surface area contributed by atoms with Crippen molar-refractivity contribution in [1.29, 1.82) is 0 Å². The monoisotopic (exact) mass is 467 g/mol. The van der Waals surface area contributed by atoms with Crippen molar-refractivity contribution in [1.82, 2.24) is 9.97 Å². The number of halogens is 1. The second-order valence-electron chi connectivity index (χ2n) is 8.83. The first-order chi connectivity index (χ1) is 16.3. The van der Waals surface area contributed by atoms with Crippen LogP contribution >= 0.6 is 0 Å². The fraction of sp³-hybridized carbons (Fsp3) is 0.375. The van der Waals surface area contributed by atoms with Gasteiger partial charge in [0.05, 0.1) is 11.3 Å². The van der Waals surface area contributed by atoms with Gasteiger partial charge in [-0.1, -0.05) is 6.92 Å². The standard InChI is InChI=1S/C24H26FN5O4/c1-3-24(32)8-14(9-24)34-23(31)30-18-7-13-6-15(19(25)20(26)17(13)11-28-18)16-10-29-22-21(12(16)2)27-4-5-33-22/h6-7,10-11,14,27,32H,3-5,8-9,26H2,1-2H3,(H,28,30,31). The number of fused-ring (bicyclic) bond motifs is 2. The lowest BCUT2D eigenvalue weighted by atomic mass is 9.76. The van der Waals surface area contributed by atoms with Gasteiger partial charge in [-0.25, -0.2) is 19.2 Å². The average molecular weight is 468 g/mol. The fourth-order valence-electron chi connectivity index (χ4n) is 4.50. The van der Waals surface area contributed by atoms with Gasteiger partial charge < -0.3 is 25.6 Å². The van der Waals surface area contributed by atoms with Crippen molar-refractivity contribution in [3.63, 3.8) is 0 Å². The molecular weight excluding hydrogens is 441 g/mol. The van der Waals surface area contributed by atoms with Crippen molar-refractivity contribution in [3.05, 3.63) is 35.9 Å². The number of nitrogens with one attached hydrogen (secondary N) is 2. The maximum Gasteiger partial charge on any atom is 0.413 e. The Labute approximate surface area is 195 Å². The Morgan fingerprint density at radius 3 is 2.91 bits per heavy atom. The molecule has 1 aliphatic carbocycles. The second kappa shape index (κ2) is 8.28. The summed E-state index contributed by atoms with van der Waals surface area (Å²) in [6, 6.07) is 3.27. The third-order valence-corrected chi connectivity index (χ3v) is 6.61. The van der Waals surface area contributed by atoms with Crippen molar-refractivity contribution >= 4 is 34.1 Å². The van der Waals surface area contributed by atoms with Crippen LogP contribution in [0, 0.1) is 12.7 Å². The van der Waals surface area contributed by atoms with E-state index in [1.165, 1.54) is 6.20 Å². The molecule has 1 fully saturated rings. The van der Waals surface area contributed by atoms with E-state index in [0.717, 1.165) is 11.3 Å². The molecule has 0 bridgehead atoms. The molecule has 5 N–H and O–H groups in total. The maximum atomic E-state index is 15.3. The minimum absolute atomic E-state index is 0.0382. The molecule has 0 unspecified atom stereocenters. The Hall–Kier alpha value is -3.66. The van der Waals surface area contributed by atoms with E-state index in [1.807, 2.05) is 13.8 Å². The first kappa shape index (κ1) is 22.1. The number of pyridine rings is 2. The van der Waals surface area contributed by atoms with E-state index >= 15 is 4.39 Å². The third-order valence-electron chi connectivity index (χ3n) is 6.61. The zero-order valence-corrected chi connectivity index (χ0v) is 18.9. The van der Waals surface area contributed by atoms with Crippen molar-refractivity contribution < 1.29 is 23.8 Å². The Morgan fingerprint density at radius 1 is 1.35 bits per heavy atom. The molecule has 3 heterocycles. The summed E-state index contributed by atoms with van der Waals surface area (Å²) < 4.78 is 26.2. The molecule has 178 valence electrons. The summed E-state index contributed by atoms with van der Waals surface area (Å²) in [6.45, 7) is 4.91. The molecule has 0 spiro atoms. The number of nitrogen functional groups attached to an aromatic ring is 1. The molecule has 3 aromatic rings. The molecule has 2 aromatic heterocycles. The number of hydrogen-bond donors (Lipinski definition) is 4. The topological polar surface area (TPSA) is 132 Å². The molecule has 0 atom stereocenters. The predicted octanol–water partition coefficient (Wildman–Crippen LogP) is 3.98. The van der Waals surface area contributed by atoms with Crippen LogP contribution in [0.25, 0.3) is 21.9 Å². The highest BCUT2D eigenvalue weighted by molar-refractivity contribution is 5.99. The number of benzene rings is 1. The van der Waals surface area contributed by atoms with Gasteiger partial charge in [-0.05, 0) is 36.4 Å². The normalized spacial score (nSPS) is 21.1. The lowest BCUT2D eigenvalue weighted by Gasteiger charge is -2.42. The van der Waals surface area contributed by atoms with Gasteiger partial charge >= 0.3 is 6.09 Å². The summed E-state index contributed by atoms with van der Waals surface area (Å²) in [7, 11) is 0. The number of aromatic nitrogens is 2. The number of amides is 1. The number of ether oxygens (including phenoxy) is 2. The summed E-state index contributed by atoms with van der Waals surface area (Å²) in [4.78, 5) is 20.8. The van der Waals surface area contributed by atoms with Gasteiger partial charge in [0.15, 0.2) is 5.82 Å².